The molecule has 3 aromatic rings. The summed E-state index contributed by atoms with van der Waals surface area (Å²) < 4.78 is 5.76. The minimum Gasteiger partial charge on any atom is -0.489 e. The molecular formula is C26H22N2O4S. The van der Waals surface area contributed by atoms with Crippen LogP contribution < -0.4 is 10.1 Å². The molecule has 0 spiro atoms. The second-order valence-electron chi connectivity index (χ2n) is 7.61. The quantitative estimate of drug-likeness (QED) is 0.478. The maximum Gasteiger partial charge on any atom is 0.335 e. The zero-order valence-electron chi connectivity index (χ0n) is 18.2. The highest BCUT2D eigenvalue weighted by atomic mass is 32.2. The number of aromatic carboxylic acids is 1. The molecule has 1 heterocycles. The van der Waals surface area contributed by atoms with Crippen molar-refractivity contribution in [2.24, 2.45) is 4.99 Å². The summed E-state index contributed by atoms with van der Waals surface area (Å²) in [7, 11) is 0. The Morgan fingerprint density at radius 3 is 2.58 bits per heavy atom. The van der Waals surface area contributed by atoms with Crippen LogP contribution in [0.25, 0.3) is 6.08 Å². The van der Waals surface area contributed by atoms with E-state index in [0.717, 1.165) is 22.4 Å². The molecule has 0 unspecified atom stereocenters. The van der Waals surface area contributed by atoms with Crippen molar-refractivity contribution in [1.82, 2.24) is 5.32 Å². The van der Waals surface area contributed by atoms with Crippen LogP contribution in [0.1, 0.15) is 32.6 Å². The molecule has 2 N–H and O–H groups in total. The van der Waals surface area contributed by atoms with Gasteiger partial charge in [0.2, 0.25) is 0 Å². The first-order valence-electron chi connectivity index (χ1n) is 10.3. The van der Waals surface area contributed by atoms with E-state index in [1.54, 1.807) is 18.2 Å². The van der Waals surface area contributed by atoms with Gasteiger partial charge in [0, 0.05) is 0 Å². The fourth-order valence-corrected chi connectivity index (χ4v) is 4.01. The highest BCUT2D eigenvalue weighted by Gasteiger charge is 2.23. The largest absolute Gasteiger partial charge is 0.489 e. The number of carboxylic acid groups (broad SMARTS) is 1. The van der Waals surface area contributed by atoms with E-state index < -0.39 is 5.97 Å². The lowest BCUT2D eigenvalue weighted by atomic mass is 10.1. The van der Waals surface area contributed by atoms with Gasteiger partial charge in [0.05, 0.1) is 16.2 Å². The molecule has 0 saturated carbocycles. The number of hydrogen-bond donors (Lipinski definition) is 2. The normalized spacial score (nSPS) is 15.6. The zero-order valence-corrected chi connectivity index (χ0v) is 19.0. The van der Waals surface area contributed by atoms with Crippen molar-refractivity contribution >= 4 is 40.6 Å². The van der Waals surface area contributed by atoms with Crippen LogP contribution in [0, 0.1) is 13.8 Å². The van der Waals surface area contributed by atoms with Crippen molar-refractivity contribution in [3.05, 3.63) is 99.5 Å². The van der Waals surface area contributed by atoms with Gasteiger partial charge in [0.15, 0.2) is 5.17 Å². The summed E-state index contributed by atoms with van der Waals surface area (Å²) in [6.45, 7) is 4.34. The lowest BCUT2D eigenvalue weighted by Crippen LogP contribution is -2.19. The minimum absolute atomic E-state index is 0.179. The fourth-order valence-electron chi connectivity index (χ4n) is 3.17. The summed E-state index contributed by atoms with van der Waals surface area (Å²) in [5.41, 5.74) is 5.02. The van der Waals surface area contributed by atoms with Crippen molar-refractivity contribution < 1.29 is 19.4 Å². The molecule has 1 aliphatic rings. The van der Waals surface area contributed by atoms with Crippen LogP contribution in [0.3, 0.4) is 0 Å². The van der Waals surface area contributed by atoms with Crippen molar-refractivity contribution in [3.8, 4) is 5.75 Å². The molecule has 166 valence electrons. The standard InChI is InChI=1S/C26H22N2O4S/c1-16-6-9-21(12-17(16)2)27-26-28-24(29)23(33-26)14-18-7-10-22(11-8-18)32-15-19-4-3-5-20(13-19)25(30)31/h3-14H,15H2,1-2H3,(H,30,31)(H,27,28,29). The minimum atomic E-state index is -0.967. The number of nitrogens with zero attached hydrogens (tertiary/aromatic N) is 1. The Hall–Kier alpha value is -3.84. The van der Waals surface area contributed by atoms with Gasteiger partial charge in [-0.3, -0.25) is 4.79 Å². The molecule has 0 bridgehead atoms. The topological polar surface area (TPSA) is 88.0 Å². The van der Waals surface area contributed by atoms with Gasteiger partial charge in [-0.25, -0.2) is 9.79 Å². The van der Waals surface area contributed by atoms with Crippen LogP contribution in [-0.2, 0) is 11.4 Å². The van der Waals surface area contributed by atoms with E-state index in [0.29, 0.717) is 15.8 Å². The Kier molecular flexibility index (Phi) is 6.60. The number of aryl methyl sites for hydroxylation is 2. The SMILES string of the molecule is Cc1ccc(N=C2NC(=O)C(=Cc3ccc(OCc4cccc(C(=O)O)c4)cc3)S2)cc1C. The smallest absolute Gasteiger partial charge is 0.335 e. The van der Waals surface area contributed by atoms with E-state index >= 15 is 0 Å². The fraction of sp³-hybridized carbons (Fsp3) is 0.115. The molecule has 6 nitrogen and oxygen atoms in total. The van der Waals surface area contributed by atoms with Crippen molar-refractivity contribution in [3.63, 3.8) is 0 Å². The second kappa shape index (κ2) is 9.75. The Morgan fingerprint density at radius 2 is 1.85 bits per heavy atom. The number of carboxylic acids is 1. The van der Waals surface area contributed by atoms with E-state index in [-0.39, 0.29) is 18.1 Å². The predicted molar refractivity (Wildman–Crippen MR) is 131 cm³/mol. The summed E-state index contributed by atoms with van der Waals surface area (Å²) in [4.78, 5) is 28.5. The third kappa shape index (κ3) is 5.70. The second-order valence-corrected chi connectivity index (χ2v) is 8.64. The molecule has 0 atom stereocenters. The number of aliphatic imine (C=N–C) groups is 1. The number of benzene rings is 3. The predicted octanol–water partition coefficient (Wildman–Crippen LogP) is 5.47. The molecule has 0 aliphatic carbocycles. The van der Waals surface area contributed by atoms with Crippen LogP contribution >= 0.6 is 11.8 Å². The number of amides is 1. The van der Waals surface area contributed by atoms with Gasteiger partial charge in [-0.1, -0.05) is 30.3 Å². The number of ether oxygens (including phenoxy) is 1. The number of hydrogen-bond acceptors (Lipinski definition) is 5. The summed E-state index contributed by atoms with van der Waals surface area (Å²) in [5.74, 6) is -0.495. The Labute approximate surface area is 196 Å². The van der Waals surface area contributed by atoms with Gasteiger partial charge in [-0.2, -0.15) is 0 Å². The van der Waals surface area contributed by atoms with Gasteiger partial charge < -0.3 is 15.2 Å². The van der Waals surface area contributed by atoms with Crippen LogP contribution in [0.5, 0.6) is 5.75 Å². The monoisotopic (exact) mass is 458 g/mol. The molecule has 1 fully saturated rings. The van der Waals surface area contributed by atoms with E-state index in [9.17, 15) is 9.59 Å². The number of carbonyl (C=O) groups excluding carboxylic acids is 1. The Morgan fingerprint density at radius 1 is 1.06 bits per heavy atom. The zero-order chi connectivity index (χ0) is 23.4. The first kappa shape index (κ1) is 22.4. The number of rotatable bonds is 6. The van der Waals surface area contributed by atoms with Crippen molar-refractivity contribution in [2.75, 3.05) is 0 Å². The number of amidine groups is 1. The molecule has 7 heteroatoms. The van der Waals surface area contributed by atoms with Gasteiger partial charge in [0.1, 0.15) is 12.4 Å². The molecule has 4 rings (SSSR count). The molecular weight excluding hydrogens is 436 g/mol. The van der Waals surface area contributed by atoms with E-state index in [2.05, 4.69) is 10.3 Å². The first-order chi connectivity index (χ1) is 15.9. The summed E-state index contributed by atoms with van der Waals surface area (Å²) in [5, 5.41) is 12.5. The molecule has 1 aliphatic heterocycles. The lowest BCUT2D eigenvalue weighted by Gasteiger charge is -2.07. The Balaban J connectivity index is 1.40. The average molecular weight is 459 g/mol. The third-order valence-electron chi connectivity index (χ3n) is 5.13. The number of carbonyl (C=O) groups is 2. The molecule has 1 saturated heterocycles. The number of thioether (sulfide) groups is 1. The Bertz CT molecular complexity index is 1280. The van der Waals surface area contributed by atoms with Gasteiger partial charge in [0.25, 0.3) is 5.91 Å². The summed E-state index contributed by atoms with van der Waals surface area (Å²) >= 11 is 1.31. The molecule has 3 aromatic carbocycles. The van der Waals surface area contributed by atoms with E-state index in [1.165, 1.54) is 17.3 Å². The van der Waals surface area contributed by atoms with Gasteiger partial charge in [-0.05, 0) is 90.3 Å². The van der Waals surface area contributed by atoms with Crippen LogP contribution in [0.2, 0.25) is 0 Å². The molecule has 0 radical (unpaired) electrons. The summed E-state index contributed by atoms with van der Waals surface area (Å²) in [6, 6.07) is 19.9. The van der Waals surface area contributed by atoms with Crippen molar-refractivity contribution in [1.29, 1.82) is 0 Å². The third-order valence-corrected chi connectivity index (χ3v) is 6.04. The van der Waals surface area contributed by atoms with E-state index in [1.807, 2.05) is 68.5 Å². The highest BCUT2D eigenvalue weighted by molar-refractivity contribution is 8.18. The van der Waals surface area contributed by atoms with Crippen LogP contribution in [0.15, 0.2) is 76.6 Å². The lowest BCUT2D eigenvalue weighted by molar-refractivity contribution is -0.115. The maximum atomic E-state index is 12.4. The summed E-state index contributed by atoms with van der Waals surface area (Å²) in [6.07, 6.45) is 1.81. The molecule has 33 heavy (non-hydrogen) atoms. The first-order valence-corrected chi connectivity index (χ1v) is 11.1. The van der Waals surface area contributed by atoms with Crippen molar-refractivity contribution in [2.45, 2.75) is 20.5 Å². The highest BCUT2D eigenvalue weighted by Crippen LogP contribution is 2.29. The van der Waals surface area contributed by atoms with Gasteiger partial charge >= 0.3 is 5.97 Å². The van der Waals surface area contributed by atoms with Crippen LogP contribution in [0.4, 0.5) is 5.69 Å². The number of nitrogens with one attached hydrogen (secondary N) is 1. The average Bonchev–Trinajstić information content (AvgIpc) is 3.14. The molecule has 0 aromatic heterocycles. The molecule has 1 amide bonds. The van der Waals surface area contributed by atoms with E-state index in [4.69, 9.17) is 9.84 Å². The van der Waals surface area contributed by atoms with Crippen LogP contribution in [-0.4, -0.2) is 22.2 Å². The van der Waals surface area contributed by atoms with Gasteiger partial charge in [-0.15, -0.1) is 0 Å². The maximum absolute atomic E-state index is 12.4.